The highest BCUT2D eigenvalue weighted by molar-refractivity contribution is 7.71. The average Bonchev–Trinajstić information content (AvgIpc) is 3.04. The van der Waals surface area contributed by atoms with Crippen LogP contribution in [0.15, 0.2) is 54.6 Å². The number of aromatic nitrogens is 3. The van der Waals surface area contributed by atoms with Crippen LogP contribution in [0.4, 0.5) is 0 Å². The van der Waals surface area contributed by atoms with Gasteiger partial charge < -0.3 is 4.57 Å². The van der Waals surface area contributed by atoms with E-state index in [1.54, 1.807) is 0 Å². The third-order valence-corrected chi connectivity index (χ3v) is 6.24. The van der Waals surface area contributed by atoms with Crippen LogP contribution in [0.5, 0.6) is 0 Å². The highest BCUT2D eigenvalue weighted by atomic mass is 32.1. The first-order valence-corrected chi connectivity index (χ1v) is 11.2. The molecule has 0 unspecified atom stereocenters. The molecule has 1 aliphatic rings. The van der Waals surface area contributed by atoms with E-state index in [1.807, 2.05) is 10.7 Å². The molecular weight excluding hydrogens is 390 g/mol. The Morgan fingerprint density at radius 1 is 0.900 bits per heavy atom. The van der Waals surface area contributed by atoms with Crippen molar-refractivity contribution in [2.75, 3.05) is 26.2 Å². The van der Waals surface area contributed by atoms with Crippen molar-refractivity contribution in [3.8, 4) is 0 Å². The number of benzene rings is 2. The lowest BCUT2D eigenvalue weighted by Crippen LogP contribution is -2.46. The molecule has 3 aromatic rings. The first-order chi connectivity index (χ1) is 14.6. The van der Waals surface area contributed by atoms with Gasteiger partial charge in [0.2, 0.25) is 0 Å². The molecule has 6 heteroatoms. The zero-order valence-electron chi connectivity index (χ0n) is 18.0. The lowest BCUT2D eigenvalue weighted by molar-refractivity contribution is 0.0979. The molecule has 1 saturated heterocycles. The number of hydrogen-bond acceptors (Lipinski definition) is 4. The largest absolute Gasteiger partial charge is 0.304 e. The maximum atomic E-state index is 5.75. The van der Waals surface area contributed by atoms with Gasteiger partial charge in [-0.05, 0) is 37.2 Å². The van der Waals surface area contributed by atoms with Crippen molar-refractivity contribution in [2.45, 2.75) is 40.0 Å². The molecular formula is C24H31N5S. The van der Waals surface area contributed by atoms with Gasteiger partial charge in [0.05, 0.1) is 6.67 Å². The summed E-state index contributed by atoms with van der Waals surface area (Å²) < 4.78 is 4.99. The molecule has 1 aromatic heterocycles. The van der Waals surface area contributed by atoms with Crippen molar-refractivity contribution in [3.63, 3.8) is 0 Å². The molecule has 1 aliphatic heterocycles. The van der Waals surface area contributed by atoms with E-state index in [4.69, 9.17) is 17.3 Å². The van der Waals surface area contributed by atoms with Crippen LogP contribution < -0.4 is 0 Å². The van der Waals surface area contributed by atoms with Crippen LogP contribution in [-0.4, -0.2) is 50.3 Å². The molecule has 5 nitrogen and oxygen atoms in total. The van der Waals surface area contributed by atoms with E-state index in [-0.39, 0.29) is 0 Å². The molecule has 30 heavy (non-hydrogen) atoms. The molecule has 0 aliphatic carbocycles. The van der Waals surface area contributed by atoms with Gasteiger partial charge in [0, 0.05) is 45.7 Å². The van der Waals surface area contributed by atoms with E-state index in [9.17, 15) is 0 Å². The number of nitrogens with zero attached hydrogens (tertiary/aromatic N) is 5. The zero-order chi connectivity index (χ0) is 20.9. The van der Waals surface area contributed by atoms with Gasteiger partial charge in [-0.3, -0.25) is 9.80 Å². The van der Waals surface area contributed by atoms with E-state index in [1.165, 1.54) is 16.7 Å². The van der Waals surface area contributed by atoms with Crippen LogP contribution in [0.3, 0.4) is 0 Å². The van der Waals surface area contributed by atoms with Crippen molar-refractivity contribution >= 4 is 12.2 Å². The maximum absolute atomic E-state index is 5.75. The fourth-order valence-corrected chi connectivity index (χ4v) is 4.48. The molecule has 1 fully saturated rings. The van der Waals surface area contributed by atoms with Gasteiger partial charge in [-0.2, -0.15) is 5.10 Å². The minimum atomic E-state index is 0.770. The Hall–Kier alpha value is -2.28. The van der Waals surface area contributed by atoms with Gasteiger partial charge in [-0.25, -0.2) is 4.68 Å². The van der Waals surface area contributed by atoms with Gasteiger partial charge in [-0.1, -0.05) is 60.2 Å². The van der Waals surface area contributed by atoms with Gasteiger partial charge in [0.1, 0.15) is 5.82 Å². The van der Waals surface area contributed by atoms with E-state index in [0.29, 0.717) is 0 Å². The standard InChI is InChI=1S/C24H31N5S/c1-3-28-23(17-21-9-5-4-6-10-21)25-29(24(28)30)19-27-14-12-26(13-15-27)18-22-11-7-8-20(2)16-22/h4-11,16H,3,12-15,17-19H2,1-2H3. The van der Waals surface area contributed by atoms with Crippen LogP contribution in [0.25, 0.3) is 0 Å². The second kappa shape index (κ2) is 9.69. The normalized spacial score (nSPS) is 15.5. The Kier molecular flexibility index (Phi) is 6.77. The average molecular weight is 422 g/mol. The van der Waals surface area contributed by atoms with Crippen molar-refractivity contribution in [3.05, 3.63) is 81.9 Å². The van der Waals surface area contributed by atoms with Crippen LogP contribution in [0, 0.1) is 11.7 Å². The first kappa shape index (κ1) is 21.0. The van der Waals surface area contributed by atoms with Gasteiger partial charge >= 0.3 is 0 Å². The highest BCUT2D eigenvalue weighted by Crippen LogP contribution is 2.13. The first-order valence-electron chi connectivity index (χ1n) is 10.8. The molecule has 0 radical (unpaired) electrons. The van der Waals surface area contributed by atoms with Crippen molar-refractivity contribution in [1.82, 2.24) is 24.1 Å². The zero-order valence-corrected chi connectivity index (χ0v) is 18.8. The van der Waals surface area contributed by atoms with Crippen molar-refractivity contribution < 1.29 is 0 Å². The van der Waals surface area contributed by atoms with Crippen LogP contribution in [0.2, 0.25) is 0 Å². The van der Waals surface area contributed by atoms with Gasteiger partial charge in [-0.15, -0.1) is 0 Å². The lowest BCUT2D eigenvalue weighted by atomic mass is 10.1. The Morgan fingerprint density at radius 3 is 2.30 bits per heavy atom. The fourth-order valence-electron chi connectivity index (χ4n) is 4.15. The fraction of sp³-hybridized carbons (Fsp3) is 0.417. The summed E-state index contributed by atoms with van der Waals surface area (Å²) in [5, 5.41) is 4.89. The summed E-state index contributed by atoms with van der Waals surface area (Å²) in [4.78, 5) is 5.00. The van der Waals surface area contributed by atoms with Crippen LogP contribution >= 0.6 is 12.2 Å². The van der Waals surface area contributed by atoms with E-state index in [2.05, 4.69) is 76.7 Å². The van der Waals surface area contributed by atoms with E-state index in [0.717, 1.165) is 63.0 Å². The Labute approximate surface area is 184 Å². The molecule has 158 valence electrons. The lowest BCUT2D eigenvalue weighted by Gasteiger charge is -2.34. The predicted molar refractivity (Wildman–Crippen MR) is 124 cm³/mol. The molecule has 0 spiro atoms. The smallest absolute Gasteiger partial charge is 0.199 e. The Bertz CT molecular complexity index is 1020. The summed E-state index contributed by atoms with van der Waals surface area (Å²) in [5.41, 5.74) is 4.00. The third kappa shape index (κ3) is 5.06. The topological polar surface area (TPSA) is 29.2 Å². The molecule has 0 amide bonds. The van der Waals surface area contributed by atoms with E-state index < -0.39 is 0 Å². The molecule has 0 atom stereocenters. The number of rotatable bonds is 7. The van der Waals surface area contributed by atoms with Gasteiger partial charge in [0.25, 0.3) is 0 Å². The molecule has 4 rings (SSSR count). The molecule has 2 aromatic carbocycles. The van der Waals surface area contributed by atoms with Gasteiger partial charge in [0.15, 0.2) is 4.77 Å². The number of piperazine rings is 1. The van der Waals surface area contributed by atoms with Crippen molar-refractivity contribution in [2.24, 2.45) is 0 Å². The summed E-state index contributed by atoms with van der Waals surface area (Å²) in [6.07, 6.45) is 0.815. The van der Waals surface area contributed by atoms with Crippen LogP contribution in [-0.2, 0) is 26.2 Å². The second-order valence-corrected chi connectivity index (χ2v) is 8.49. The Balaban J connectivity index is 1.37. The maximum Gasteiger partial charge on any atom is 0.199 e. The SMILES string of the molecule is CCn1c(Cc2ccccc2)nn(CN2CCN(Cc3cccc(C)c3)CC2)c1=S. The number of aryl methyl sites for hydroxylation is 1. The molecule has 0 saturated carbocycles. The predicted octanol–water partition coefficient (Wildman–Crippen LogP) is 4.11. The summed E-state index contributed by atoms with van der Waals surface area (Å²) >= 11 is 5.75. The summed E-state index contributed by atoms with van der Waals surface area (Å²) in [6, 6.07) is 19.3. The van der Waals surface area contributed by atoms with Crippen molar-refractivity contribution in [1.29, 1.82) is 0 Å². The molecule has 2 heterocycles. The molecule has 0 bridgehead atoms. The highest BCUT2D eigenvalue weighted by Gasteiger charge is 2.19. The Morgan fingerprint density at radius 2 is 1.60 bits per heavy atom. The molecule has 0 N–H and O–H groups in total. The summed E-state index contributed by atoms with van der Waals surface area (Å²) in [5.74, 6) is 1.05. The monoisotopic (exact) mass is 421 g/mol. The summed E-state index contributed by atoms with van der Waals surface area (Å²) in [7, 11) is 0. The van der Waals surface area contributed by atoms with Crippen LogP contribution in [0.1, 0.15) is 29.4 Å². The summed E-state index contributed by atoms with van der Waals surface area (Å²) in [6.45, 7) is 11.2. The minimum Gasteiger partial charge on any atom is -0.304 e. The third-order valence-electron chi connectivity index (χ3n) is 5.81. The quantitative estimate of drug-likeness (QED) is 0.537. The minimum absolute atomic E-state index is 0.770. The van der Waals surface area contributed by atoms with E-state index >= 15 is 0 Å². The second-order valence-electron chi connectivity index (χ2n) is 8.13. The number of hydrogen-bond donors (Lipinski definition) is 0.